The van der Waals surface area contributed by atoms with Crippen LogP contribution in [-0.4, -0.2) is 47.5 Å². The molecule has 0 aromatic heterocycles. The monoisotopic (exact) mass is 411 g/mol. The van der Waals surface area contributed by atoms with Gasteiger partial charge in [0.2, 0.25) is 15.8 Å². The number of carbonyl (C=O) groups excluding carboxylic acids is 2. The Kier molecular flexibility index (Phi) is 7.07. The Morgan fingerprint density at radius 3 is 2.46 bits per heavy atom. The summed E-state index contributed by atoms with van der Waals surface area (Å²) in [5.74, 6) is -1.58. The highest BCUT2D eigenvalue weighted by Gasteiger charge is 2.19. The van der Waals surface area contributed by atoms with E-state index in [4.69, 9.17) is 14.2 Å². The maximum atomic E-state index is 13.1. The highest BCUT2D eigenvalue weighted by atomic mass is 32.2. The van der Waals surface area contributed by atoms with Crippen LogP contribution in [0.1, 0.15) is 10.4 Å². The van der Waals surface area contributed by atoms with Crippen LogP contribution in [0.25, 0.3) is 0 Å². The number of esters is 1. The summed E-state index contributed by atoms with van der Waals surface area (Å²) >= 11 is 0. The number of hydrogen-bond acceptors (Lipinski definition) is 7. The Labute approximate surface area is 161 Å². The summed E-state index contributed by atoms with van der Waals surface area (Å²) < 4.78 is 54.1. The van der Waals surface area contributed by atoms with Gasteiger partial charge in [-0.15, -0.1) is 0 Å². The molecule has 2 aromatic carbocycles. The predicted octanol–water partition coefficient (Wildman–Crippen LogP) is 1.55. The van der Waals surface area contributed by atoms with Gasteiger partial charge in [-0.3, -0.25) is 9.59 Å². The Hall–Kier alpha value is -2.98. The highest BCUT2D eigenvalue weighted by Crippen LogP contribution is 2.24. The highest BCUT2D eigenvalue weighted by molar-refractivity contribution is 7.89. The fourth-order valence-electron chi connectivity index (χ4n) is 2.18. The molecule has 0 heterocycles. The van der Waals surface area contributed by atoms with Crippen molar-refractivity contribution in [3.63, 3.8) is 0 Å². The lowest BCUT2D eigenvalue weighted by atomic mass is 10.1. The number of methoxy groups -OCH3 is 2. The lowest BCUT2D eigenvalue weighted by Gasteiger charge is -2.10. The Balaban J connectivity index is 1.95. The quantitative estimate of drug-likeness (QED) is 0.493. The van der Waals surface area contributed by atoms with Crippen LogP contribution in [0.5, 0.6) is 11.5 Å². The number of hydrogen-bond donors (Lipinski definition) is 1. The van der Waals surface area contributed by atoms with Crippen molar-refractivity contribution in [2.24, 2.45) is 0 Å². The van der Waals surface area contributed by atoms with Crippen LogP contribution in [-0.2, 0) is 19.6 Å². The number of ether oxygens (including phenoxy) is 3. The maximum Gasteiger partial charge on any atom is 0.321 e. The molecule has 0 aliphatic heterocycles. The fourth-order valence-corrected chi connectivity index (χ4v) is 3.18. The van der Waals surface area contributed by atoms with Gasteiger partial charge in [-0.1, -0.05) is 6.07 Å². The molecule has 150 valence electrons. The standard InChI is InChI=1S/C18H18FNO7S/c1-25-13-6-7-17(26-2)15(9-13)16(21)11-27-18(22)10-20-28(23,24)14-5-3-4-12(19)8-14/h3-9,20H,10-11H2,1-2H3. The van der Waals surface area contributed by atoms with Crippen molar-refractivity contribution in [3.05, 3.63) is 53.8 Å². The van der Waals surface area contributed by atoms with Gasteiger partial charge >= 0.3 is 5.97 Å². The number of sulfonamides is 1. The molecular formula is C18H18FNO7S. The Morgan fingerprint density at radius 1 is 1.07 bits per heavy atom. The van der Waals surface area contributed by atoms with Gasteiger partial charge < -0.3 is 14.2 Å². The minimum atomic E-state index is -4.10. The molecule has 0 saturated heterocycles. The summed E-state index contributed by atoms with van der Waals surface area (Å²) in [4.78, 5) is 23.7. The molecule has 0 fully saturated rings. The maximum absolute atomic E-state index is 13.1. The zero-order valence-electron chi connectivity index (χ0n) is 15.1. The number of nitrogens with one attached hydrogen (secondary N) is 1. The molecule has 0 aliphatic rings. The number of benzene rings is 2. The number of carbonyl (C=O) groups is 2. The summed E-state index contributed by atoms with van der Waals surface area (Å²) in [6.07, 6.45) is 0. The van der Waals surface area contributed by atoms with Crippen molar-refractivity contribution in [2.45, 2.75) is 4.90 Å². The number of Topliss-reactive ketones (excluding diaryl/α,β-unsaturated/α-hetero) is 1. The Bertz CT molecular complexity index is 976. The van der Waals surface area contributed by atoms with Crippen LogP contribution in [0.2, 0.25) is 0 Å². The van der Waals surface area contributed by atoms with Crippen LogP contribution in [0.3, 0.4) is 0 Å². The van der Waals surface area contributed by atoms with Gasteiger partial charge in [-0.05, 0) is 36.4 Å². The fraction of sp³-hybridized carbons (Fsp3) is 0.222. The first-order valence-electron chi connectivity index (χ1n) is 7.93. The second-order valence-corrected chi connectivity index (χ2v) is 7.20. The van der Waals surface area contributed by atoms with Crippen molar-refractivity contribution in [3.8, 4) is 11.5 Å². The lowest BCUT2D eigenvalue weighted by Crippen LogP contribution is -2.31. The average molecular weight is 411 g/mol. The van der Waals surface area contributed by atoms with Gasteiger partial charge in [0.05, 0.1) is 24.7 Å². The van der Waals surface area contributed by atoms with E-state index in [1.54, 1.807) is 6.07 Å². The van der Waals surface area contributed by atoms with E-state index in [1.807, 2.05) is 4.72 Å². The molecule has 0 spiro atoms. The second kappa shape index (κ2) is 9.29. The molecule has 2 aromatic rings. The van der Waals surface area contributed by atoms with Gasteiger partial charge in [-0.25, -0.2) is 12.8 Å². The molecule has 0 radical (unpaired) electrons. The lowest BCUT2D eigenvalue weighted by molar-refractivity contribution is -0.141. The summed E-state index contributed by atoms with van der Waals surface area (Å²) in [6.45, 7) is -1.34. The van der Waals surface area contributed by atoms with Gasteiger partial charge in [0.25, 0.3) is 0 Å². The summed E-state index contributed by atoms with van der Waals surface area (Å²) in [7, 11) is -1.29. The summed E-state index contributed by atoms with van der Waals surface area (Å²) in [5.41, 5.74) is 0.148. The molecule has 2 rings (SSSR count). The van der Waals surface area contributed by atoms with E-state index >= 15 is 0 Å². The zero-order chi connectivity index (χ0) is 20.7. The molecule has 10 heteroatoms. The molecular weight excluding hydrogens is 393 g/mol. The SMILES string of the molecule is COc1ccc(OC)c(C(=O)COC(=O)CNS(=O)(=O)c2cccc(F)c2)c1. The van der Waals surface area contributed by atoms with Crippen LogP contribution < -0.4 is 14.2 Å². The van der Waals surface area contributed by atoms with E-state index in [2.05, 4.69) is 0 Å². The minimum Gasteiger partial charge on any atom is -0.497 e. The van der Waals surface area contributed by atoms with Crippen molar-refractivity contribution >= 4 is 21.8 Å². The molecule has 1 N–H and O–H groups in total. The van der Waals surface area contributed by atoms with Gasteiger partial charge in [0, 0.05) is 0 Å². The molecule has 0 bridgehead atoms. The second-order valence-electron chi connectivity index (χ2n) is 5.43. The number of halogens is 1. The molecule has 0 atom stereocenters. The van der Waals surface area contributed by atoms with Crippen molar-refractivity contribution < 1.29 is 36.6 Å². The van der Waals surface area contributed by atoms with Crippen LogP contribution >= 0.6 is 0 Å². The van der Waals surface area contributed by atoms with Crippen molar-refractivity contribution in [1.29, 1.82) is 0 Å². The van der Waals surface area contributed by atoms with E-state index in [9.17, 15) is 22.4 Å². The minimum absolute atomic E-state index is 0.148. The van der Waals surface area contributed by atoms with Gasteiger partial charge in [0.15, 0.2) is 6.61 Å². The third-order valence-corrected chi connectivity index (χ3v) is 4.98. The first-order chi connectivity index (χ1) is 13.3. The van der Waals surface area contributed by atoms with E-state index in [0.29, 0.717) is 5.75 Å². The van der Waals surface area contributed by atoms with Gasteiger partial charge in [-0.2, -0.15) is 4.72 Å². The third-order valence-electron chi connectivity index (χ3n) is 3.58. The molecule has 0 saturated carbocycles. The van der Waals surface area contributed by atoms with Gasteiger partial charge in [0.1, 0.15) is 23.9 Å². The van der Waals surface area contributed by atoms with Crippen molar-refractivity contribution in [1.82, 2.24) is 4.72 Å². The third kappa shape index (κ3) is 5.51. The van der Waals surface area contributed by atoms with Crippen LogP contribution in [0, 0.1) is 5.82 Å². The summed E-state index contributed by atoms with van der Waals surface area (Å²) in [5, 5.41) is 0. The van der Waals surface area contributed by atoms with E-state index < -0.39 is 40.7 Å². The van der Waals surface area contributed by atoms with E-state index in [-0.39, 0.29) is 16.2 Å². The molecule has 28 heavy (non-hydrogen) atoms. The van der Waals surface area contributed by atoms with Crippen molar-refractivity contribution in [2.75, 3.05) is 27.4 Å². The van der Waals surface area contributed by atoms with Crippen LogP contribution in [0.15, 0.2) is 47.4 Å². The molecule has 0 aliphatic carbocycles. The number of ketones is 1. The molecule has 0 unspecified atom stereocenters. The smallest absolute Gasteiger partial charge is 0.321 e. The van der Waals surface area contributed by atoms with E-state index in [1.165, 1.54) is 38.5 Å². The zero-order valence-corrected chi connectivity index (χ0v) is 15.9. The molecule has 0 amide bonds. The number of rotatable bonds is 9. The first kappa shape index (κ1) is 21.3. The summed E-state index contributed by atoms with van der Waals surface area (Å²) in [6, 6.07) is 8.86. The largest absolute Gasteiger partial charge is 0.497 e. The van der Waals surface area contributed by atoms with E-state index in [0.717, 1.165) is 12.1 Å². The normalized spacial score (nSPS) is 11.0. The van der Waals surface area contributed by atoms with Crippen LogP contribution in [0.4, 0.5) is 4.39 Å². The average Bonchev–Trinajstić information content (AvgIpc) is 2.70. The predicted molar refractivity (Wildman–Crippen MR) is 96.4 cm³/mol. The topological polar surface area (TPSA) is 108 Å². The molecule has 8 nitrogen and oxygen atoms in total. The Morgan fingerprint density at radius 2 is 1.82 bits per heavy atom. The first-order valence-corrected chi connectivity index (χ1v) is 9.41.